The molecular weight excluding hydrogens is 458 g/mol. The number of rotatable bonds is 5. The molecule has 4 rings (SSSR count). The minimum atomic E-state index is -3.85. The summed E-state index contributed by atoms with van der Waals surface area (Å²) in [5, 5.41) is 0. The fraction of sp³-hybridized carbons (Fsp3) is 0.321. The van der Waals surface area contributed by atoms with Gasteiger partial charge in [-0.1, -0.05) is 30.3 Å². The van der Waals surface area contributed by atoms with Crippen LogP contribution in [0, 0.1) is 34.6 Å². The molecule has 0 aliphatic carbocycles. The maximum Gasteiger partial charge on any atom is 0.262 e. The highest BCUT2D eigenvalue weighted by Crippen LogP contribution is 2.26. The number of hydrogen-bond acceptors (Lipinski definition) is 4. The van der Waals surface area contributed by atoms with E-state index in [-0.39, 0.29) is 10.8 Å². The highest BCUT2D eigenvalue weighted by atomic mass is 32.2. The van der Waals surface area contributed by atoms with E-state index in [0.717, 1.165) is 24.2 Å². The largest absolute Gasteiger partial charge is 0.368 e. The first kappa shape index (κ1) is 24.8. The number of hydrogen-bond donors (Lipinski definition) is 1. The van der Waals surface area contributed by atoms with Crippen molar-refractivity contribution in [1.29, 1.82) is 0 Å². The molecule has 0 bridgehead atoms. The first-order valence-corrected chi connectivity index (χ1v) is 13.4. The van der Waals surface area contributed by atoms with Crippen LogP contribution in [0.5, 0.6) is 0 Å². The standard InChI is InChI=1S/C28H33N3O3S/c1-19-8-6-10-25(22(19)4)29-35(33,34)27-18-24(13-12-21(27)3)28(32)31-16-14-30(15-17-31)26-11-7-9-20(2)23(26)5/h6-13,18,29H,14-17H2,1-5H3. The van der Waals surface area contributed by atoms with Gasteiger partial charge in [0.05, 0.1) is 10.6 Å². The van der Waals surface area contributed by atoms with Crippen molar-refractivity contribution in [2.45, 2.75) is 39.5 Å². The summed E-state index contributed by atoms with van der Waals surface area (Å²) in [5.74, 6) is -0.145. The molecule has 1 saturated heterocycles. The fourth-order valence-electron chi connectivity index (χ4n) is 4.50. The Bertz CT molecular complexity index is 1370. The van der Waals surface area contributed by atoms with Crippen LogP contribution in [-0.4, -0.2) is 45.4 Å². The summed E-state index contributed by atoms with van der Waals surface area (Å²) < 4.78 is 29.2. The molecule has 0 radical (unpaired) electrons. The van der Waals surface area contributed by atoms with E-state index in [1.54, 1.807) is 30.0 Å². The van der Waals surface area contributed by atoms with E-state index in [9.17, 15) is 13.2 Å². The van der Waals surface area contributed by atoms with Crippen LogP contribution in [0.15, 0.2) is 59.5 Å². The summed E-state index contributed by atoms with van der Waals surface area (Å²) in [6.45, 7) is 12.5. The third kappa shape index (κ3) is 5.05. The number of anilines is 2. The van der Waals surface area contributed by atoms with E-state index in [1.165, 1.54) is 22.9 Å². The van der Waals surface area contributed by atoms with Crippen LogP contribution in [0.4, 0.5) is 11.4 Å². The topological polar surface area (TPSA) is 69.7 Å². The first-order valence-electron chi connectivity index (χ1n) is 11.9. The number of carbonyl (C=O) groups is 1. The molecule has 6 nitrogen and oxygen atoms in total. The van der Waals surface area contributed by atoms with Crippen LogP contribution in [0.25, 0.3) is 0 Å². The number of benzene rings is 3. The quantitative estimate of drug-likeness (QED) is 0.546. The normalized spacial score (nSPS) is 14.2. The summed E-state index contributed by atoms with van der Waals surface area (Å²) in [7, 11) is -3.85. The molecule has 1 fully saturated rings. The van der Waals surface area contributed by atoms with Crippen molar-refractivity contribution < 1.29 is 13.2 Å². The smallest absolute Gasteiger partial charge is 0.262 e. The molecule has 1 heterocycles. The second-order valence-corrected chi connectivity index (χ2v) is 11.0. The summed E-state index contributed by atoms with van der Waals surface area (Å²) in [6.07, 6.45) is 0. The molecule has 0 saturated carbocycles. The fourth-order valence-corrected chi connectivity index (χ4v) is 5.89. The van der Waals surface area contributed by atoms with E-state index >= 15 is 0 Å². The van der Waals surface area contributed by atoms with Gasteiger partial charge in [-0.25, -0.2) is 8.42 Å². The maximum atomic E-state index is 13.3. The third-order valence-corrected chi connectivity index (χ3v) is 8.56. The zero-order chi connectivity index (χ0) is 25.3. The van der Waals surface area contributed by atoms with Crippen LogP contribution >= 0.6 is 0 Å². The number of amides is 1. The molecule has 0 aromatic heterocycles. The zero-order valence-electron chi connectivity index (χ0n) is 21.1. The van der Waals surface area contributed by atoms with Crippen LogP contribution in [0.2, 0.25) is 0 Å². The lowest BCUT2D eigenvalue weighted by atomic mass is 10.1. The van der Waals surface area contributed by atoms with Gasteiger partial charge in [0.15, 0.2) is 0 Å². The first-order chi connectivity index (χ1) is 16.6. The molecule has 3 aromatic carbocycles. The van der Waals surface area contributed by atoms with Gasteiger partial charge in [0.2, 0.25) is 0 Å². The number of aryl methyl sites for hydroxylation is 3. The van der Waals surface area contributed by atoms with Crippen LogP contribution < -0.4 is 9.62 Å². The predicted molar refractivity (Wildman–Crippen MR) is 142 cm³/mol. The molecule has 0 spiro atoms. The number of nitrogens with zero attached hydrogens (tertiary/aromatic N) is 2. The molecule has 3 aromatic rings. The molecule has 1 amide bonds. The minimum Gasteiger partial charge on any atom is -0.368 e. The molecule has 184 valence electrons. The van der Waals surface area contributed by atoms with Crippen LogP contribution in [0.1, 0.15) is 38.2 Å². The van der Waals surface area contributed by atoms with E-state index in [0.29, 0.717) is 29.9 Å². The van der Waals surface area contributed by atoms with Gasteiger partial charge in [-0.2, -0.15) is 0 Å². The molecule has 0 atom stereocenters. The second-order valence-electron chi connectivity index (χ2n) is 9.33. The van der Waals surface area contributed by atoms with Crippen molar-refractivity contribution >= 4 is 27.3 Å². The maximum absolute atomic E-state index is 13.3. The van der Waals surface area contributed by atoms with Gasteiger partial charge in [0.25, 0.3) is 15.9 Å². The zero-order valence-corrected chi connectivity index (χ0v) is 21.9. The Labute approximate surface area is 208 Å². The van der Waals surface area contributed by atoms with Crippen molar-refractivity contribution in [2.24, 2.45) is 0 Å². The van der Waals surface area contributed by atoms with E-state index < -0.39 is 10.0 Å². The molecule has 1 N–H and O–H groups in total. The van der Waals surface area contributed by atoms with E-state index in [4.69, 9.17) is 0 Å². The Balaban J connectivity index is 1.52. The van der Waals surface area contributed by atoms with Gasteiger partial charge in [0, 0.05) is 37.4 Å². The lowest BCUT2D eigenvalue weighted by molar-refractivity contribution is 0.0746. The van der Waals surface area contributed by atoms with Crippen molar-refractivity contribution in [2.75, 3.05) is 35.8 Å². The summed E-state index contributed by atoms with van der Waals surface area (Å²) in [5.41, 5.74) is 7.13. The van der Waals surface area contributed by atoms with Gasteiger partial charge in [-0.05, 0) is 86.7 Å². The highest BCUT2D eigenvalue weighted by Gasteiger charge is 2.26. The average molecular weight is 492 g/mol. The SMILES string of the molecule is Cc1ccc(C(=O)N2CCN(c3cccc(C)c3C)CC2)cc1S(=O)(=O)Nc1cccc(C)c1C. The average Bonchev–Trinajstić information content (AvgIpc) is 2.83. The molecule has 7 heteroatoms. The van der Waals surface area contributed by atoms with Gasteiger partial charge >= 0.3 is 0 Å². The number of carbonyl (C=O) groups excluding carboxylic acids is 1. The van der Waals surface area contributed by atoms with Gasteiger partial charge < -0.3 is 9.80 Å². The van der Waals surface area contributed by atoms with Crippen molar-refractivity contribution in [3.05, 3.63) is 88.0 Å². The number of piperazine rings is 1. The summed E-state index contributed by atoms with van der Waals surface area (Å²) >= 11 is 0. The molecule has 0 unspecified atom stereocenters. The molecule has 35 heavy (non-hydrogen) atoms. The molecule has 1 aliphatic rings. The van der Waals surface area contributed by atoms with Crippen molar-refractivity contribution in [3.8, 4) is 0 Å². The highest BCUT2D eigenvalue weighted by molar-refractivity contribution is 7.92. The summed E-state index contributed by atoms with van der Waals surface area (Å²) in [4.78, 5) is 17.5. The second kappa shape index (κ2) is 9.74. The monoisotopic (exact) mass is 491 g/mol. The van der Waals surface area contributed by atoms with Gasteiger partial charge in [0.1, 0.15) is 0 Å². The Morgan fingerprint density at radius 1 is 0.771 bits per heavy atom. The third-order valence-electron chi connectivity index (χ3n) is 7.06. The predicted octanol–water partition coefficient (Wildman–Crippen LogP) is 4.99. The number of nitrogens with one attached hydrogen (secondary N) is 1. The van der Waals surface area contributed by atoms with E-state index in [1.807, 2.05) is 26.0 Å². The van der Waals surface area contributed by atoms with Crippen LogP contribution in [-0.2, 0) is 10.0 Å². The van der Waals surface area contributed by atoms with E-state index in [2.05, 4.69) is 41.7 Å². The lowest BCUT2D eigenvalue weighted by Gasteiger charge is -2.37. The Hall–Kier alpha value is -3.32. The molecular formula is C28H33N3O3S. The van der Waals surface area contributed by atoms with Crippen molar-refractivity contribution in [1.82, 2.24) is 4.90 Å². The minimum absolute atomic E-state index is 0.123. The Morgan fingerprint density at radius 2 is 1.40 bits per heavy atom. The Morgan fingerprint density at radius 3 is 2.09 bits per heavy atom. The molecule has 1 aliphatic heterocycles. The summed E-state index contributed by atoms with van der Waals surface area (Å²) in [6, 6.07) is 16.7. The lowest BCUT2D eigenvalue weighted by Crippen LogP contribution is -2.49. The number of sulfonamides is 1. The van der Waals surface area contributed by atoms with Crippen molar-refractivity contribution in [3.63, 3.8) is 0 Å². The van der Waals surface area contributed by atoms with Gasteiger partial charge in [-0.15, -0.1) is 0 Å². The Kier molecular flexibility index (Phi) is 6.90. The van der Waals surface area contributed by atoms with Crippen LogP contribution in [0.3, 0.4) is 0 Å². The van der Waals surface area contributed by atoms with Gasteiger partial charge in [-0.3, -0.25) is 9.52 Å².